The fourth-order valence-electron chi connectivity index (χ4n) is 1.80. The number of aliphatic carboxylic acids is 1. The van der Waals surface area contributed by atoms with Crippen LogP contribution in [0.25, 0.3) is 0 Å². The Morgan fingerprint density at radius 1 is 1.43 bits per heavy atom. The summed E-state index contributed by atoms with van der Waals surface area (Å²) in [7, 11) is 0. The van der Waals surface area contributed by atoms with E-state index in [1.54, 1.807) is 6.21 Å². The van der Waals surface area contributed by atoms with Crippen molar-refractivity contribution in [2.75, 3.05) is 0 Å². The van der Waals surface area contributed by atoms with E-state index in [-0.39, 0.29) is 18.4 Å². The molecule has 2 N–H and O–H groups in total. The summed E-state index contributed by atoms with van der Waals surface area (Å²) in [5.41, 5.74) is 0.835. The molecular formula is C15H17N3O4S. The van der Waals surface area contributed by atoms with E-state index in [0.717, 1.165) is 23.1 Å². The van der Waals surface area contributed by atoms with Gasteiger partial charge in [0.25, 0.3) is 0 Å². The quantitative estimate of drug-likeness (QED) is 0.610. The first kappa shape index (κ1) is 17.0. The summed E-state index contributed by atoms with van der Waals surface area (Å²) in [5, 5.41) is 18.6. The van der Waals surface area contributed by atoms with Crippen molar-refractivity contribution >= 4 is 35.0 Å². The minimum Gasteiger partial charge on any atom is -0.491 e. The standard InChI is InChI=1S/C15H17N3O4S/c1-9(2)22-11-5-3-10(4-6-11)8-16-18-15-17-14(21)12(23-15)7-13(19)20/h3-6,8-9,12H,7H2,1-2H3,(H,19,20)(H,17,18,21)/b16-8-/t12-/m1/s1. The van der Waals surface area contributed by atoms with E-state index in [0.29, 0.717) is 5.17 Å². The number of thioether (sulfide) groups is 1. The monoisotopic (exact) mass is 335 g/mol. The zero-order valence-electron chi connectivity index (χ0n) is 12.7. The normalized spacial score (nSPS) is 19.5. The van der Waals surface area contributed by atoms with Gasteiger partial charge in [-0.3, -0.25) is 9.59 Å². The number of hydrogen-bond donors (Lipinski definition) is 2. The number of rotatable bonds is 6. The Labute approximate surface area is 137 Å². The average molecular weight is 335 g/mol. The van der Waals surface area contributed by atoms with Crippen molar-refractivity contribution in [3.05, 3.63) is 29.8 Å². The maximum atomic E-state index is 11.5. The number of amides is 1. The van der Waals surface area contributed by atoms with Gasteiger partial charge >= 0.3 is 5.97 Å². The van der Waals surface area contributed by atoms with Gasteiger partial charge in [0.1, 0.15) is 11.0 Å². The molecule has 23 heavy (non-hydrogen) atoms. The van der Waals surface area contributed by atoms with Gasteiger partial charge in [-0.25, -0.2) is 0 Å². The number of carbonyl (C=O) groups excluding carboxylic acids is 1. The van der Waals surface area contributed by atoms with E-state index < -0.39 is 11.2 Å². The Morgan fingerprint density at radius 3 is 2.74 bits per heavy atom. The van der Waals surface area contributed by atoms with Crippen molar-refractivity contribution in [2.24, 2.45) is 10.2 Å². The Bertz CT molecular complexity index is 641. The fourth-order valence-corrected chi connectivity index (χ4v) is 2.71. The Balaban J connectivity index is 1.93. The van der Waals surface area contributed by atoms with Gasteiger partial charge in [-0.1, -0.05) is 11.8 Å². The van der Waals surface area contributed by atoms with Gasteiger partial charge in [0.2, 0.25) is 5.91 Å². The third-order valence-corrected chi connectivity index (χ3v) is 3.82. The van der Waals surface area contributed by atoms with Crippen LogP contribution in [-0.4, -0.2) is 39.7 Å². The van der Waals surface area contributed by atoms with Crippen LogP contribution >= 0.6 is 11.8 Å². The molecule has 8 heteroatoms. The summed E-state index contributed by atoms with van der Waals surface area (Å²) in [6.07, 6.45) is 1.42. The molecule has 0 unspecified atom stereocenters. The Hall–Kier alpha value is -2.35. The molecule has 1 aromatic rings. The maximum Gasteiger partial charge on any atom is 0.305 e. The summed E-state index contributed by atoms with van der Waals surface area (Å²) in [5.74, 6) is -0.605. The molecule has 1 atom stereocenters. The molecule has 0 bridgehead atoms. The molecule has 1 saturated heterocycles. The minimum absolute atomic E-state index is 0.114. The molecule has 1 aromatic carbocycles. The molecular weight excluding hydrogens is 318 g/mol. The zero-order chi connectivity index (χ0) is 16.8. The number of amidine groups is 1. The first-order chi connectivity index (χ1) is 10.9. The van der Waals surface area contributed by atoms with E-state index >= 15 is 0 Å². The van der Waals surface area contributed by atoms with Gasteiger partial charge in [0.15, 0.2) is 5.17 Å². The van der Waals surface area contributed by atoms with Crippen LogP contribution in [0.2, 0.25) is 0 Å². The largest absolute Gasteiger partial charge is 0.491 e. The first-order valence-electron chi connectivity index (χ1n) is 7.01. The highest BCUT2D eigenvalue weighted by molar-refractivity contribution is 8.15. The summed E-state index contributed by atoms with van der Waals surface area (Å²) in [4.78, 5) is 22.2. The zero-order valence-corrected chi connectivity index (χ0v) is 13.5. The summed E-state index contributed by atoms with van der Waals surface area (Å²) in [6.45, 7) is 3.91. The van der Waals surface area contributed by atoms with Crippen LogP contribution in [0.3, 0.4) is 0 Å². The minimum atomic E-state index is -1.02. The summed E-state index contributed by atoms with van der Waals surface area (Å²) < 4.78 is 5.54. The Morgan fingerprint density at radius 2 is 2.13 bits per heavy atom. The van der Waals surface area contributed by atoms with E-state index in [1.165, 1.54) is 0 Å². The van der Waals surface area contributed by atoms with Gasteiger partial charge in [-0.05, 0) is 43.7 Å². The lowest BCUT2D eigenvalue weighted by atomic mass is 10.2. The highest BCUT2D eigenvalue weighted by Gasteiger charge is 2.32. The van der Waals surface area contributed by atoms with E-state index in [1.807, 2.05) is 38.1 Å². The predicted molar refractivity (Wildman–Crippen MR) is 89.0 cm³/mol. The van der Waals surface area contributed by atoms with Gasteiger partial charge in [0.05, 0.1) is 18.7 Å². The number of carbonyl (C=O) groups is 2. The second-order valence-electron chi connectivity index (χ2n) is 5.08. The second kappa shape index (κ2) is 7.77. The molecule has 2 rings (SSSR count). The van der Waals surface area contributed by atoms with Crippen LogP contribution in [0.5, 0.6) is 5.75 Å². The topological polar surface area (TPSA) is 100 Å². The van der Waals surface area contributed by atoms with E-state index in [9.17, 15) is 9.59 Å². The lowest BCUT2D eigenvalue weighted by Crippen LogP contribution is -2.26. The van der Waals surface area contributed by atoms with Crippen LogP contribution in [0.1, 0.15) is 25.8 Å². The summed E-state index contributed by atoms with van der Waals surface area (Å²) >= 11 is 1.07. The molecule has 1 fully saturated rings. The number of hydrogen-bond acceptors (Lipinski definition) is 6. The molecule has 122 valence electrons. The van der Waals surface area contributed by atoms with Crippen molar-refractivity contribution in [2.45, 2.75) is 31.6 Å². The number of ether oxygens (including phenoxy) is 1. The predicted octanol–water partition coefficient (Wildman–Crippen LogP) is 1.87. The number of nitrogens with one attached hydrogen (secondary N) is 1. The fraction of sp³-hybridized carbons (Fsp3) is 0.333. The molecule has 0 spiro atoms. The molecule has 0 saturated carbocycles. The molecule has 7 nitrogen and oxygen atoms in total. The van der Waals surface area contributed by atoms with Crippen molar-refractivity contribution in [1.29, 1.82) is 0 Å². The van der Waals surface area contributed by atoms with Crippen LogP contribution in [0.4, 0.5) is 0 Å². The van der Waals surface area contributed by atoms with Crippen molar-refractivity contribution in [3.63, 3.8) is 0 Å². The molecule has 1 aliphatic heterocycles. The number of carboxylic acid groups (broad SMARTS) is 1. The van der Waals surface area contributed by atoms with E-state index in [4.69, 9.17) is 9.84 Å². The van der Waals surface area contributed by atoms with Crippen LogP contribution in [0, 0.1) is 0 Å². The van der Waals surface area contributed by atoms with Crippen LogP contribution in [-0.2, 0) is 9.59 Å². The summed E-state index contributed by atoms with van der Waals surface area (Å²) in [6, 6.07) is 7.36. The molecule has 0 aromatic heterocycles. The third kappa shape index (κ3) is 5.41. The number of benzene rings is 1. The smallest absolute Gasteiger partial charge is 0.305 e. The molecule has 1 amide bonds. The van der Waals surface area contributed by atoms with Gasteiger partial charge in [-0.2, -0.15) is 5.10 Å². The van der Waals surface area contributed by atoms with Crippen molar-refractivity contribution in [1.82, 2.24) is 5.32 Å². The SMILES string of the molecule is CC(C)Oc1ccc(/C=N\N=C2\NC(=O)[C@@H](CC(=O)O)S2)cc1. The van der Waals surface area contributed by atoms with Crippen LogP contribution < -0.4 is 10.1 Å². The number of nitrogens with zero attached hydrogens (tertiary/aromatic N) is 2. The lowest BCUT2D eigenvalue weighted by molar-refractivity contribution is -0.138. The highest BCUT2D eigenvalue weighted by Crippen LogP contribution is 2.22. The van der Waals surface area contributed by atoms with Crippen molar-refractivity contribution < 1.29 is 19.4 Å². The molecule has 0 radical (unpaired) electrons. The molecule has 0 aliphatic carbocycles. The van der Waals surface area contributed by atoms with Gasteiger partial charge < -0.3 is 15.2 Å². The molecule has 1 heterocycles. The molecule has 1 aliphatic rings. The first-order valence-corrected chi connectivity index (χ1v) is 7.89. The lowest BCUT2D eigenvalue weighted by Gasteiger charge is -2.08. The van der Waals surface area contributed by atoms with Crippen LogP contribution in [0.15, 0.2) is 34.5 Å². The van der Waals surface area contributed by atoms with Gasteiger partial charge in [0, 0.05) is 0 Å². The average Bonchev–Trinajstić information content (AvgIpc) is 2.80. The second-order valence-corrected chi connectivity index (χ2v) is 6.27. The third-order valence-electron chi connectivity index (χ3n) is 2.74. The van der Waals surface area contributed by atoms with E-state index in [2.05, 4.69) is 15.5 Å². The Kier molecular flexibility index (Phi) is 5.75. The number of carboxylic acids is 1. The maximum absolute atomic E-state index is 11.5. The van der Waals surface area contributed by atoms with Crippen molar-refractivity contribution in [3.8, 4) is 5.75 Å². The highest BCUT2D eigenvalue weighted by atomic mass is 32.2. The van der Waals surface area contributed by atoms with Gasteiger partial charge in [-0.15, -0.1) is 5.10 Å².